The maximum Gasteiger partial charge on any atom is 0.138 e. The first-order chi connectivity index (χ1) is 15.2. The van der Waals surface area contributed by atoms with Gasteiger partial charge in [-0.05, 0) is 61.4 Å². The van der Waals surface area contributed by atoms with Crippen LogP contribution in [0, 0.1) is 5.92 Å². The molecule has 0 aliphatic rings. The van der Waals surface area contributed by atoms with Gasteiger partial charge in [0.05, 0.1) is 6.61 Å². The molecule has 2 aromatic carbocycles. The van der Waals surface area contributed by atoms with Crippen molar-refractivity contribution in [2.24, 2.45) is 5.92 Å². The van der Waals surface area contributed by atoms with E-state index in [1.807, 2.05) is 24.3 Å². The molecule has 1 N–H and O–H groups in total. The number of benzene rings is 2. The van der Waals surface area contributed by atoms with Gasteiger partial charge in [-0.25, -0.2) is 0 Å². The van der Waals surface area contributed by atoms with Gasteiger partial charge in [0.2, 0.25) is 0 Å². The second kappa shape index (κ2) is 11.8. The highest BCUT2D eigenvalue weighted by atomic mass is 16.5. The summed E-state index contributed by atoms with van der Waals surface area (Å²) in [5.41, 5.74) is 4.74. The van der Waals surface area contributed by atoms with Crippen LogP contribution < -0.4 is 4.74 Å². The summed E-state index contributed by atoms with van der Waals surface area (Å²) in [4.78, 5) is 0. The first-order valence-electron chi connectivity index (χ1n) is 11.7. The van der Waals surface area contributed by atoms with Crippen LogP contribution in [-0.4, -0.2) is 18.3 Å². The van der Waals surface area contributed by atoms with Crippen molar-refractivity contribution < 1.29 is 14.3 Å². The summed E-state index contributed by atoms with van der Waals surface area (Å²) in [5, 5.41) is 10.6. The van der Waals surface area contributed by atoms with Gasteiger partial charge in [0.25, 0.3) is 0 Å². The van der Waals surface area contributed by atoms with Gasteiger partial charge >= 0.3 is 0 Å². The fourth-order valence-electron chi connectivity index (χ4n) is 3.94. The predicted molar refractivity (Wildman–Crippen MR) is 130 cm³/mol. The van der Waals surface area contributed by atoms with Crippen LogP contribution in [0.3, 0.4) is 0 Å². The minimum atomic E-state index is 0.115. The third kappa shape index (κ3) is 6.24. The number of aliphatic hydroxyl groups is 1. The van der Waals surface area contributed by atoms with Crippen molar-refractivity contribution in [3.05, 3.63) is 66.2 Å². The van der Waals surface area contributed by atoms with Crippen molar-refractivity contribution in [3.63, 3.8) is 0 Å². The van der Waals surface area contributed by atoms with E-state index >= 15 is 0 Å². The predicted octanol–water partition coefficient (Wildman–Crippen LogP) is 7.35. The fourth-order valence-corrected chi connectivity index (χ4v) is 3.94. The number of aliphatic hydroxyl groups excluding tert-OH is 1. The molecule has 3 rings (SSSR count). The number of ether oxygens (including phenoxy) is 1. The van der Waals surface area contributed by atoms with E-state index in [9.17, 15) is 5.11 Å². The molecule has 0 fully saturated rings. The molecule has 3 nitrogen and oxygen atoms in total. The molecular formula is C28H36O3. The molecule has 1 aromatic heterocycles. The number of unbranched alkanes of at least 4 members (excludes halogenated alkanes) is 2. The largest absolute Gasteiger partial charge is 0.493 e. The van der Waals surface area contributed by atoms with Crippen molar-refractivity contribution in [1.82, 2.24) is 0 Å². The van der Waals surface area contributed by atoms with Crippen molar-refractivity contribution in [2.45, 2.75) is 58.8 Å². The van der Waals surface area contributed by atoms with Crippen molar-refractivity contribution >= 4 is 11.0 Å². The van der Waals surface area contributed by atoms with E-state index < -0.39 is 0 Å². The Balaban J connectivity index is 1.75. The van der Waals surface area contributed by atoms with E-state index in [0.717, 1.165) is 48.2 Å². The standard InChI is InChI=1S/C28H36O3/c1-4-7-9-11-21-12-15-26(23(6-3)16-21)28-17-24-13-14-25(18-27(24)31-28)30-20-22(19-29)10-8-5-2/h5,12-18,22,29H,2,4,6-11,19-20H2,1,3H3. The lowest BCUT2D eigenvalue weighted by molar-refractivity contribution is 0.157. The highest BCUT2D eigenvalue weighted by molar-refractivity contribution is 5.84. The van der Waals surface area contributed by atoms with Crippen LogP contribution in [0.4, 0.5) is 0 Å². The zero-order valence-electron chi connectivity index (χ0n) is 19.0. The Labute approximate surface area is 186 Å². The van der Waals surface area contributed by atoms with Gasteiger partial charge in [-0.15, -0.1) is 6.58 Å². The van der Waals surface area contributed by atoms with E-state index in [-0.39, 0.29) is 12.5 Å². The van der Waals surface area contributed by atoms with E-state index in [0.29, 0.717) is 6.61 Å². The molecule has 31 heavy (non-hydrogen) atoms. The number of allylic oxidation sites excluding steroid dienone is 1. The molecule has 0 aliphatic carbocycles. The monoisotopic (exact) mass is 420 g/mol. The number of aryl methyl sites for hydroxylation is 2. The first-order valence-corrected chi connectivity index (χ1v) is 11.7. The molecule has 166 valence electrons. The average Bonchev–Trinajstić information content (AvgIpc) is 3.22. The highest BCUT2D eigenvalue weighted by Crippen LogP contribution is 2.33. The Kier molecular flexibility index (Phi) is 8.78. The van der Waals surface area contributed by atoms with E-state index in [4.69, 9.17) is 9.15 Å². The zero-order valence-corrected chi connectivity index (χ0v) is 19.0. The molecule has 0 saturated heterocycles. The summed E-state index contributed by atoms with van der Waals surface area (Å²) in [7, 11) is 0. The number of fused-ring (bicyclic) bond motifs is 1. The third-order valence-electron chi connectivity index (χ3n) is 5.90. The Morgan fingerprint density at radius 1 is 1.10 bits per heavy atom. The summed E-state index contributed by atoms with van der Waals surface area (Å²) in [5.74, 6) is 1.79. The van der Waals surface area contributed by atoms with Crippen LogP contribution in [-0.2, 0) is 12.8 Å². The van der Waals surface area contributed by atoms with E-state index in [1.54, 1.807) is 0 Å². The van der Waals surface area contributed by atoms with Crippen LogP contribution in [0.15, 0.2) is 59.5 Å². The Hall–Kier alpha value is -2.52. The van der Waals surface area contributed by atoms with Gasteiger partial charge < -0.3 is 14.3 Å². The van der Waals surface area contributed by atoms with E-state index in [1.165, 1.54) is 36.0 Å². The molecular weight excluding hydrogens is 384 g/mol. The minimum Gasteiger partial charge on any atom is -0.493 e. The lowest BCUT2D eigenvalue weighted by atomic mass is 9.97. The van der Waals surface area contributed by atoms with Crippen LogP contribution in [0.1, 0.15) is 57.1 Å². The van der Waals surface area contributed by atoms with Gasteiger partial charge in [0, 0.05) is 29.5 Å². The molecule has 0 saturated carbocycles. The zero-order chi connectivity index (χ0) is 22.1. The second-order valence-electron chi connectivity index (χ2n) is 8.34. The van der Waals surface area contributed by atoms with Gasteiger partial charge in [0.1, 0.15) is 17.1 Å². The SMILES string of the molecule is C=CCCC(CO)COc1ccc2cc(-c3ccc(CCCCC)cc3CC)oc2c1. The average molecular weight is 421 g/mol. The smallest absolute Gasteiger partial charge is 0.138 e. The maximum atomic E-state index is 9.53. The summed E-state index contributed by atoms with van der Waals surface area (Å²) in [6, 6.07) is 14.9. The van der Waals surface area contributed by atoms with Crippen LogP contribution in [0.25, 0.3) is 22.3 Å². The minimum absolute atomic E-state index is 0.115. The van der Waals surface area contributed by atoms with Crippen LogP contribution in [0.5, 0.6) is 5.75 Å². The lowest BCUT2D eigenvalue weighted by Gasteiger charge is -2.14. The molecule has 0 bridgehead atoms. The third-order valence-corrected chi connectivity index (χ3v) is 5.90. The molecule has 3 heteroatoms. The molecule has 0 radical (unpaired) electrons. The van der Waals surface area contributed by atoms with Gasteiger partial charge in [-0.2, -0.15) is 0 Å². The highest BCUT2D eigenvalue weighted by Gasteiger charge is 2.13. The molecule has 1 unspecified atom stereocenters. The topological polar surface area (TPSA) is 42.6 Å². The van der Waals surface area contributed by atoms with Gasteiger partial charge in [-0.3, -0.25) is 0 Å². The van der Waals surface area contributed by atoms with Crippen molar-refractivity contribution in [3.8, 4) is 17.1 Å². The quantitative estimate of drug-likeness (QED) is 0.232. The molecule has 0 amide bonds. The molecule has 0 aliphatic heterocycles. The fraction of sp³-hybridized carbons (Fsp3) is 0.429. The number of furan rings is 1. The summed E-state index contributed by atoms with van der Waals surface area (Å²) < 4.78 is 12.2. The number of hydrogen-bond donors (Lipinski definition) is 1. The van der Waals surface area contributed by atoms with Crippen LogP contribution >= 0.6 is 0 Å². The van der Waals surface area contributed by atoms with Crippen molar-refractivity contribution in [2.75, 3.05) is 13.2 Å². The lowest BCUT2D eigenvalue weighted by Crippen LogP contribution is -2.15. The molecule has 0 spiro atoms. The van der Waals surface area contributed by atoms with Gasteiger partial charge in [0.15, 0.2) is 0 Å². The summed E-state index contributed by atoms with van der Waals surface area (Å²) >= 11 is 0. The Morgan fingerprint density at radius 2 is 1.97 bits per heavy atom. The molecule has 3 aromatic rings. The number of hydrogen-bond acceptors (Lipinski definition) is 3. The molecule has 1 atom stereocenters. The summed E-state index contributed by atoms with van der Waals surface area (Å²) in [6.45, 7) is 8.80. The Bertz CT molecular complexity index is 970. The van der Waals surface area contributed by atoms with Crippen molar-refractivity contribution in [1.29, 1.82) is 0 Å². The maximum absolute atomic E-state index is 9.53. The molecule has 1 heterocycles. The first kappa shape index (κ1) is 23.1. The van der Waals surface area contributed by atoms with E-state index in [2.05, 4.69) is 44.7 Å². The van der Waals surface area contributed by atoms with Crippen LogP contribution in [0.2, 0.25) is 0 Å². The second-order valence-corrected chi connectivity index (χ2v) is 8.34. The number of rotatable bonds is 13. The normalized spacial score (nSPS) is 12.2. The summed E-state index contributed by atoms with van der Waals surface area (Å²) in [6.07, 6.45) is 9.54. The van der Waals surface area contributed by atoms with Gasteiger partial charge in [-0.1, -0.05) is 51.0 Å². The Morgan fingerprint density at radius 3 is 2.71 bits per heavy atom.